The molecule has 0 bridgehead atoms. The molecule has 0 aliphatic rings. The fourth-order valence-corrected chi connectivity index (χ4v) is 1.97. The van der Waals surface area contributed by atoms with Crippen LogP contribution in [0.15, 0.2) is 0 Å². The Bertz CT molecular complexity index is 400. The fraction of sp³-hybridized carbons (Fsp3) is 0.500. The lowest BCUT2D eigenvalue weighted by Gasteiger charge is -2.02. The van der Waals surface area contributed by atoms with Crippen molar-refractivity contribution in [3.8, 4) is 0 Å². The minimum atomic E-state index is -0.701. The Morgan fingerprint density at radius 3 is 2.59 bits per heavy atom. The molecule has 1 heterocycles. The second-order valence-electron chi connectivity index (χ2n) is 3.41. The van der Waals surface area contributed by atoms with Crippen molar-refractivity contribution in [1.82, 2.24) is 10.3 Å². The number of hydrogen-bond donors (Lipinski definition) is 2. The van der Waals surface area contributed by atoms with Crippen molar-refractivity contribution in [1.29, 1.82) is 0 Å². The minimum absolute atomic E-state index is 0.395. The van der Waals surface area contributed by atoms with E-state index in [0.29, 0.717) is 24.0 Å². The maximum absolute atomic E-state index is 11.4. The van der Waals surface area contributed by atoms with Gasteiger partial charge in [0.05, 0.1) is 5.69 Å². The van der Waals surface area contributed by atoms with Gasteiger partial charge in [-0.1, -0.05) is 0 Å². The molecule has 0 radical (unpaired) electrons. The maximum Gasteiger partial charge on any atom is 0.315 e. The van der Waals surface area contributed by atoms with E-state index in [-0.39, 0.29) is 0 Å². The van der Waals surface area contributed by atoms with Crippen LogP contribution in [0.1, 0.15) is 17.0 Å². The predicted molar refractivity (Wildman–Crippen MR) is 68.6 cm³/mol. The number of rotatable bonds is 4. The van der Waals surface area contributed by atoms with E-state index in [1.807, 2.05) is 13.8 Å². The SMILES string of the molecule is Cc1nc(NC(=O)C(=O)NCCCCl)sc1C. The molecule has 17 heavy (non-hydrogen) atoms. The number of aryl methyl sites for hydroxylation is 2. The number of anilines is 1. The standard InChI is InChI=1S/C10H14ClN3O2S/c1-6-7(2)17-10(13-6)14-9(16)8(15)12-5-3-4-11/h3-5H2,1-2H3,(H,12,15)(H,13,14,16). The summed E-state index contributed by atoms with van der Waals surface area (Å²) in [6, 6.07) is 0. The monoisotopic (exact) mass is 275 g/mol. The highest BCUT2D eigenvalue weighted by Gasteiger charge is 2.15. The topological polar surface area (TPSA) is 71.1 Å². The first-order valence-electron chi connectivity index (χ1n) is 5.13. The van der Waals surface area contributed by atoms with Crippen LogP contribution in [0.2, 0.25) is 0 Å². The molecule has 0 spiro atoms. The van der Waals surface area contributed by atoms with Crippen molar-refractivity contribution in [3.63, 3.8) is 0 Å². The molecular formula is C10H14ClN3O2S. The van der Waals surface area contributed by atoms with Gasteiger partial charge in [-0.05, 0) is 20.3 Å². The van der Waals surface area contributed by atoms with E-state index in [9.17, 15) is 9.59 Å². The number of carbonyl (C=O) groups is 2. The fourth-order valence-electron chi connectivity index (χ4n) is 1.03. The van der Waals surface area contributed by atoms with Gasteiger partial charge in [0.15, 0.2) is 5.13 Å². The van der Waals surface area contributed by atoms with Crippen molar-refractivity contribution in [3.05, 3.63) is 10.6 Å². The molecule has 0 saturated carbocycles. The Morgan fingerprint density at radius 2 is 2.06 bits per heavy atom. The van der Waals surface area contributed by atoms with Crippen molar-refractivity contribution in [2.45, 2.75) is 20.3 Å². The number of halogens is 1. The van der Waals surface area contributed by atoms with Crippen LogP contribution in [0.3, 0.4) is 0 Å². The molecule has 0 aromatic carbocycles. The first-order valence-corrected chi connectivity index (χ1v) is 6.49. The van der Waals surface area contributed by atoms with Crippen LogP contribution in [0.5, 0.6) is 0 Å². The highest BCUT2D eigenvalue weighted by atomic mass is 35.5. The van der Waals surface area contributed by atoms with E-state index in [4.69, 9.17) is 11.6 Å². The third-order valence-corrected chi connectivity index (χ3v) is 3.31. The van der Waals surface area contributed by atoms with Crippen LogP contribution in [0, 0.1) is 13.8 Å². The third-order valence-electron chi connectivity index (χ3n) is 2.05. The summed E-state index contributed by atoms with van der Waals surface area (Å²) < 4.78 is 0. The summed E-state index contributed by atoms with van der Waals surface area (Å²) in [5, 5.41) is 5.36. The van der Waals surface area contributed by atoms with Crippen molar-refractivity contribution in [2.75, 3.05) is 17.7 Å². The van der Waals surface area contributed by atoms with Gasteiger partial charge in [-0.2, -0.15) is 0 Å². The average Bonchev–Trinajstić information content (AvgIpc) is 2.58. The Balaban J connectivity index is 2.46. The highest BCUT2D eigenvalue weighted by Crippen LogP contribution is 2.20. The maximum atomic E-state index is 11.4. The number of hydrogen-bond acceptors (Lipinski definition) is 4. The van der Waals surface area contributed by atoms with Crippen LogP contribution in [-0.2, 0) is 9.59 Å². The Hall–Kier alpha value is -1.14. The lowest BCUT2D eigenvalue weighted by molar-refractivity contribution is -0.136. The largest absolute Gasteiger partial charge is 0.348 e. The lowest BCUT2D eigenvalue weighted by Crippen LogP contribution is -2.36. The van der Waals surface area contributed by atoms with E-state index in [2.05, 4.69) is 15.6 Å². The number of thiazole rings is 1. The van der Waals surface area contributed by atoms with Gasteiger partial charge in [0.1, 0.15) is 0 Å². The molecule has 2 N–H and O–H groups in total. The zero-order valence-corrected chi connectivity index (χ0v) is 11.2. The molecule has 0 saturated heterocycles. The summed E-state index contributed by atoms with van der Waals surface area (Å²) in [6.45, 7) is 4.15. The Morgan fingerprint density at radius 1 is 1.35 bits per heavy atom. The second kappa shape index (κ2) is 6.56. The molecule has 1 aromatic rings. The molecular weight excluding hydrogens is 262 g/mol. The van der Waals surface area contributed by atoms with Crippen LogP contribution in [0.25, 0.3) is 0 Å². The molecule has 5 nitrogen and oxygen atoms in total. The zero-order chi connectivity index (χ0) is 12.8. The van der Waals surface area contributed by atoms with Crippen molar-refractivity contribution < 1.29 is 9.59 Å². The molecule has 0 unspecified atom stereocenters. The van der Waals surface area contributed by atoms with Gasteiger partial charge in [-0.3, -0.25) is 14.9 Å². The van der Waals surface area contributed by atoms with Crippen LogP contribution >= 0.6 is 22.9 Å². The molecule has 1 aromatic heterocycles. The summed E-state index contributed by atoms with van der Waals surface area (Å²) in [4.78, 5) is 27.9. The predicted octanol–water partition coefficient (Wildman–Crippen LogP) is 1.44. The number of aromatic nitrogens is 1. The summed E-state index contributed by atoms with van der Waals surface area (Å²) in [6.07, 6.45) is 0.635. The van der Waals surface area contributed by atoms with Gasteiger partial charge in [0.25, 0.3) is 0 Å². The molecule has 0 atom stereocenters. The smallest absolute Gasteiger partial charge is 0.315 e. The summed E-state index contributed by atoms with van der Waals surface area (Å²) in [7, 11) is 0. The molecule has 94 valence electrons. The zero-order valence-electron chi connectivity index (χ0n) is 9.67. The van der Waals surface area contributed by atoms with Crippen molar-refractivity contribution >= 4 is 39.9 Å². The molecule has 2 amide bonds. The highest BCUT2D eigenvalue weighted by molar-refractivity contribution is 7.15. The van der Waals surface area contributed by atoms with E-state index in [1.165, 1.54) is 11.3 Å². The van der Waals surface area contributed by atoms with Gasteiger partial charge in [-0.25, -0.2) is 4.98 Å². The first kappa shape index (κ1) is 13.9. The molecule has 7 heteroatoms. The minimum Gasteiger partial charge on any atom is -0.348 e. The number of alkyl halides is 1. The van der Waals surface area contributed by atoms with Gasteiger partial charge in [0.2, 0.25) is 0 Å². The summed E-state index contributed by atoms with van der Waals surface area (Å²) >= 11 is 6.80. The number of nitrogens with zero attached hydrogens (tertiary/aromatic N) is 1. The van der Waals surface area contributed by atoms with Gasteiger partial charge < -0.3 is 5.32 Å². The molecule has 0 aliphatic heterocycles. The Kier molecular flexibility index (Phi) is 5.37. The van der Waals surface area contributed by atoms with Gasteiger partial charge in [0, 0.05) is 17.3 Å². The normalized spacial score (nSPS) is 10.1. The van der Waals surface area contributed by atoms with E-state index < -0.39 is 11.8 Å². The molecule has 0 fully saturated rings. The first-order chi connectivity index (χ1) is 8.04. The lowest BCUT2D eigenvalue weighted by atomic mass is 10.4. The number of carbonyl (C=O) groups excluding carboxylic acids is 2. The van der Waals surface area contributed by atoms with Crippen LogP contribution in [0.4, 0.5) is 5.13 Å². The quantitative estimate of drug-likeness (QED) is 0.496. The van der Waals surface area contributed by atoms with E-state index >= 15 is 0 Å². The van der Waals surface area contributed by atoms with Gasteiger partial charge >= 0.3 is 11.8 Å². The second-order valence-corrected chi connectivity index (χ2v) is 4.99. The average molecular weight is 276 g/mol. The summed E-state index contributed by atoms with van der Waals surface area (Å²) in [5.41, 5.74) is 0.854. The van der Waals surface area contributed by atoms with E-state index in [0.717, 1.165) is 10.6 Å². The molecule has 1 rings (SSSR count). The van der Waals surface area contributed by atoms with Crippen LogP contribution < -0.4 is 10.6 Å². The molecule has 0 aliphatic carbocycles. The number of amides is 2. The van der Waals surface area contributed by atoms with Crippen LogP contribution in [-0.4, -0.2) is 29.2 Å². The number of nitrogens with one attached hydrogen (secondary N) is 2. The van der Waals surface area contributed by atoms with Gasteiger partial charge in [-0.15, -0.1) is 22.9 Å². The third kappa shape index (κ3) is 4.32. The van der Waals surface area contributed by atoms with Crippen molar-refractivity contribution in [2.24, 2.45) is 0 Å². The summed E-state index contributed by atoms with van der Waals surface area (Å²) in [5.74, 6) is -0.916. The Labute approximate surface area is 109 Å². The van der Waals surface area contributed by atoms with E-state index in [1.54, 1.807) is 0 Å².